The molecule has 1 atom stereocenters. The maximum atomic E-state index is 12.0. The summed E-state index contributed by atoms with van der Waals surface area (Å²) in [6.45, 7) is 5.36. The van der Waals surface area contributed by atoms with Crippen LogP contribution in [-0.2, 0) is 4.79 Å². The second-order valence-corrected chi connectivity index (χ2v) is 9.08. The van der Waals surface area contributed by atoms with Crippen LogP contribution in [-0.4, -0.2) is 54.6 Å². The molecule has 1 aromatic heterocycles. The third kappa shape index (κ3) is 3.84. The van der Waals surface area contributed by atoms with Crippen molar-refractivity contribution in [2.75, 3.05) is 38.8 Å². The predicted molar refractivity (Wildman–Crippen MR) is 133 cm³/mol. The van der Waals surface area contributed by atoms with Crippen LogP contribution in [0.2, 0.25) is 5.02 Å². The first-order valence-corrected chi connectivity index (χ1v) is 11.8. The number of carbonyl (C=O) groups is 1. The van der Waals surface area contributed by atoms with E-state index < -0.39 is 0 Å². The second-order valence-electron chi connectivity index (χ2n) is 8.67. The highest BCUT2D eigenvalue weighted by molar-refractivity contribution is 6.35. The number of aromatic nitrogens is 2. The average molecular weight is 479 g/mol. The Morgan fingerprint density at radius 1 is 1.21 bits per heavy atom. The number of methoxy groups -OCH3 is 1. The Balaban J connectivity index is 1.51. The SMILES string of the molecule is C=CC(=O)N1CCC(c2nc(OC)nc3c2OCC(c2cccc4cccc(Cl)c24)N3C)CC1. The minimum Gasteiger partial charge on any atom is -0.485 e. The van der Waals surface area contributed by atoms with Crippen molar-refractivity contribution < 1.29 is 14.3 Å². The zero-order valence-corrected chi connectivity index (χ0v) is 20.1. The van der Waals surface area contributed by atoms with Crippen molar-refractivity contribution in [1.82, 2.24) is 14.9 Å². The van der Waals surface area contributed by atoms with Crippen LogP contribution in [0, 0.1) is 0 Å². The molecule has 0 aliphatic carbocycles. The molecule has 0 radical (unpaired) electrons. The van der Waals surface area contributed by atoms with Gasteiger partial charge in [-0.15, -0.1) is 0 Å². The average Bonchev–Trinajstić information content (AvgIpc) is 2.88. The summed E-state index contributed by atoms with van der Waals surface area (Å²) in [5, 5.41) is 2.83. The Hall–Kier alpha value is -3.32. The van der Waals surface area contributed by atoms with E-state index in [1.165, 1.54) is 6.08 Å². The molecule has 1 amide bonds. The van der Waals surface area contributed by atoms with Gasteiger partial charge < -0.3 is 19.3 Å². The van der Waals surface area contributed by atoms with Crippen LogP contribution in [0.3, 0.4) is 0 Å². The molecule has 3 heterocycles. The number of ether oxygens (including phenoxy) is 2. The summed E-state index contributed by atoms with van der Waals surface area (Å²) < 4.78 is 11.8. The Bertz CT molecular complexity index is 1250. The summed E-state index contributed by atoms with van der Waals surface area (Å²) in [4.78, 5) is 25.3. The number of hydrogen-bond donors (Lipinski definition) is 0. The third-order valence-corrected chi connectivity index (χ3v) is 7.15. The van der Waals surface area contributed by atoms with Crippen molar-refractivity contribution in [3.63, 3.8) is 0 Å². The molecule has 1 unspecified atom stereocenters. The molecule has 2 aliphatic rings. The lowest BCUT2D eigenvalue weighted by Crippen LogP contribution is -2.38. The molecular weight excluding hydrogens is 452 g/mol. The van der Waals surface area contributed by atoms with Gasteiger partial charge in [0.1, 0.15) is 6.61 Å². The summed E-state index contributed by atoms with van der Waals surface area (Å²) in [5.41, 5.74) is 1.93. The Morgan fingerprint density at radius 3 is 2.65 bits per heavy atom. The first kappa shape index (κ1) is 22.5. The predicted octanol–water partition coefficient (Wildman–Crippen LogP) is 4.75. The van der Waals surface area contributed by atoms with Gasteiger partial charge in [0, 0.05) is 36.5 Å². The number of amides is 1. The van der Waals surface area contributed by atoms with Crippen molar-refractivity contribution in [2.45, 2.75) is 24.8 Å². The van der Waals surface area contributed by atoms with Crippen LogP contribution in [0.15, 0.2) is 49.1 Å². The lowest BCUT2D eigenvalue weighted by Gasteiger charge is -2.38. The molecule has 0 N–H and O–H groups in total. The highest BCUT2D eigenvalue weighted by Gasteiger charge is 2.35. The van der Waals surface area contributed by atoms with Crippen LogP contribution in [0.1, 0.15) is 36.1 Å². The molecule has 176 valence electrons. The molecule has 8 heteroatoms. The van der Waals surface area contributed by atoms with Crippen molar-refractivity contribution in [2.24, 2.45) is 0 Å². The van der Waals surface area contributed by atoms with Gasteiger partial charge in [-0.1, -0.05) is 48.5 Å². The highest BCUT2D eigenvalue weighted by atomic mass is 35.5. The fourth-order valence-electron chi connectivity index (χ4n) is 5.00. The van der Waals surface area contributed by atoms with E-state index in [4.69, 9.17) is 21.1 Å². The monoisotopic (exact) mass is 478 g/mol. The second kappa shape index (κ2) is 9.14. The van der Waals surface area contributed by atoms with Crippen LogP contribution in [0.25, 0.3) is 10.8 Å². The maximum Gasteiger partial charge on any atom is 0.318 e. The van der Waals surface area contributed by atoms with Gasteiger partial charge in [-0.25, -0.2) is 0 Å². The minimum atomic E-state index is -0.0735. The summed E-state index contributed by atoms with van der Waals surface area (Å²) in [6, 6.07) is 12.4. The van der Waals surface area contributed by atoms with Crippen LogP contribution < -0.4 is 14.4 Å². The quantitative estimate of drug-likeness (QED) is 0.504. The Morgan fingerprint density at radius 2 is 1.94 bits per heavy atom. The van der Waals surface area contributed by atoms with Gasteiger partial charge in [-0.3, -0.25) is 4.79 Å². The lowest BCUT2D eigenvalue weighted by atomic mass is 9.91. The summed E-state index contributed by atoms with van der Waals surface area (Å²) in [6.07, 6.45) is 2.96. The molecule has 5 rings (SSSR count). The van der Waals surface area contributed by atoms with Gasteiger partial charge in [0.05, 0.1) is 18.8 Å². The van der Waals surface area contributed by atoms with Crippen LogP contribution in [0.4, 0.5) is 5.82 Å². The number of halogens is 1. The van der Waals surface area contributed by atoms with Crippen molar-refractivity contribution in [3.8, 4) is 11.8 Å². The lowest BCUT2D eigenvalue weighted by molar-refractivity contribution is -0.127. The smallest absolute Gasteiger partial charge is 0.318 e. The summed E-state index contributed by atoms with van der Waals surface area (Å²) >= 11 is 6.61. The van der Waals surface area contributed by atoms with Crippen LogP contribution in [0.5, 0.6) is 11.8 Å². The third-order valence-electron chi connectivity index (χ3n) is 6.84. The largest absolute Gasteiger partial charge is 0.485 e. The maximum absolute atomic E-state index is 12.0. The van der Waals surface area contributed by atoms with Crippen molar-refractivity contribution >= 4 is 34.1 Å². The zero-order chi connectivity index (χ0) is 23.8. The van der Waals surface area contributed by atoms with Crippen molar-refractivity contribution in [1.29, 1.82) is 0 Å². The van der Waals surface area contributed by atoms with Gasteiger partial charge >= 0.3 is 6.01 Å². The van der Waals surface area contributed by atoms with E-state index in [1.54, 1.807) is 7.11 Å². The molecular formula is C26H27ClN4O3. The summed E-state index contributed by atoms with van der Waals surface area (Å²) in [7, 11) is 3.59. The molecule has 3 aromatic rings. The normalized spacial score (nSPS) is 18.4. The molecule has 7 nitrogen and oxygen atoms in total. The zero-order valence-electron chi connectivity index (χ0n) is 19.3. The molecule has 34 heavy (non-hydrogen) atoms. The van der Waals surface area contributed by atoms with Gasteiger partial charge in [-0.2, -0.15) is 9.97 Å². The van der Waals surface area contributed by atoms with Gasteiger partial charge in [0.25, 0.3) is 0 Å². The standard InChI is InChI=1S/C26H27ClN4O3/c1-4-21(32)31-13-11-17(12-14-31)23-24-25(29-26(28-23)33-3)30(2)20(15-34-24)18-9-5-7-16-8-6-10-19(27)22(16)18/h4-10,17,20H,1,11-15H2,2-3H3. The fourth-order valence-corrected chi connectivity index (χ4v) is 5.29. The minimum absolute atomic E-state index is 0.0340. The van der Waals surface area contributed by atoms with Crippen LogP contribution >= 0.6 is 11.6 Å². The number of hydrogen-bond acceptors (Lipinski definition) is 6. The van der Waals surface area contributed by atoms with E-state index in [0.29, 0.717) is 42.3 Å². The van der Waals surface area contributed by atoms with Gasteiger partial charge in [-0.05, 0) is 35.9 Å². The van der Waals surface area contributed by atoms with Gasteiger partial charge in [0.15, 0.2) is 11.6 Å². The molecule has 1 fully saturated rings. The Labute approximate surface area is 203 Å². The van der Waals surface area contributed by atoms with E-state index in [2.05, 4.69) is 39.6 Å². The molecule has 0 bridgehead atoms. The number of carbonyl (C=O) groups excluding carboxylic acids is 1. The van der Waals surface area contributed by atoms with Crippen molar-refractivity contribution in [3.05, 3.63) is 65.3 Å². The van der Waals surface area contributed by atoms with E-state index >= 15 is 0 Å². The number of benzene rings is 2. The number of fused-ring (bicyclic) bond motifs is 2. The molecule has 2 aromatic carbocycles. The number of rotatable bonds is 4. The number of anilines is 1. The number of likely N-dealkylation sites (N-methyl/N-ethyl adjacent to an activating group) is 1. The Kier molecular flexibility index (Phi) is 6.04. The number of likely N-dealkylation sites (tertiary alicyclic amines) is 1. The van der Waals surface area contributed by atoms with Gasteiger partial charge in [0.2, 0.25) is 5.91 Å². The first-order valence-electron chi connectivity index (χ1n) is 11.4. The van der Waals surface area contributed by atoms with E-state index in [9.17, 15) is 4.79 Å². The molecule has 0 saturated carbocycles. The first-order chi connectivity index (χ1) is 16.5. The molecule has 2 aliphatic heterocycles. The highest BCUT2D eigenvalue weighted by Crippen LogP contribution is 2.45. The summed E-state index contributed by atoms with van der Waals surface area (Å²) in [5.74, 6) is 1.51. The van der Waals surface area contributed by atoms with E-state index in [1.807, 2.05) is 30.1 Å². The van der Waals surface area contributed by atoms with E-state index in [0.717, 1.165) is 34.9 Å². The number of nitrogens with zero attached hydrogens (tertiary/aromatic N) is 4. The topological polar surface area (TPSA) is 67.8 Å². The molecule has 0 spiro atoms. The van der Waals surface area contributed by atoms with E-state index in [-0.39, 0.29) is 17.9 Å². The fraction of sp³-hybridized carbons (Fsp3) is 0.346. The number of piperidine rings is 1. The molecule has 1 saturated heterocycles.